The molecular formula is C19H30N2O3. The first-order valence-electron chi connectivity index (χ1n) is 8.91. The molecule has 1 aliphatic heterocycles. The van der Waals surface area contributed by atoms with Crippen LogP contribution in [0.5, 0.6) is 0 Å². The number of carbonyl (C=O) groups excluding carboxylic acids is 1. The summed E-state index contributed by atoms with van der Waals surface area (Å²) in [6.07, 6.45) is 4.06. The van der Waals surface area contributed by atoms with E-state index in [1.807, 2.05) is 47.2 Å². The Bertz CT molecular complexity index is 473. The summed E-state index contributed by atoms with van der Waals surface area (Å²) >= 11 is 0. The summed E-state index contributed by atoms with van der Waals surface area (Å²) in [6.45, 7) is 3.31. The molecule has 1 fully saturated rings. The van der Waals surface area contributed by atoms with Gasteiger partial charge in [0.15, 0.2) is 0 Å². The highest BCUT2D eigenvalue weighted by atomic mass is 16.5. The molecule has 1 atom stereocenters. The SMILES string of the molecule is CN(CC(=O)N1CCCCCC1)C[C@H](O)COCc1ccccc1. The van der Waals surface area contributed by atoms with E-state index in [0.717, 1.165) is 31.5 Å². The fourth-order valence-electron chi connectivity index (χ4n) is 3.02. The first-order valence-corrected chi connectivity index (χ1v) is 8.91. The Labute approximate surface area is 145 Å². The lowest BCUT2D eigenvalue weighted by Crippen LogP contribution is -2.42. The monoisotopic (exact) mass is 334 g/mol. The number of likely N-dealkylation sites (N-methyl/N-ethyl adjacent to an activating group) is 1. The molecule has 1 N–H and O–H groups in total. The molecule has 0 aromatic heterocycles. The van der Waals surface area contributed by atoms with Crippen molar-refractivity contribution in [2.45, 2.75) is 38.4 Å². The van der Waals surface area contributed by atoms with Crippen molar-refractivity contribution in [3.05, 3.63) is 35.9 Å². The molecule has 2 rings (SSSR count). The minimum Gasteiger partial charge on any atom is -0.389 e. The first kappa shape index (κ1) is 18.9. The van der Waals surface area contributed by atoms with Crippen molar-refractivity contribution in [2.24, 2.45) is 0 Å². The van der Waals surface area contributed by atoms with Crippen molar-refractivity contribution in [1.29, 1.82) is 0 Å². The number of likely N-dealkylation sites (tertiary alicyclic amines) is 1. The number of aliphatic hydroxyl groups is 1. The number of aliphatic hydroxyl groups excluding tert-OH is 1. The average molecular weight is 334 g/mol. The van der Waals surface area contributed by atoms with Gasteiger partial charge in [0.1, 0.15) is 0 Å². The van der Waals surface area contributed by atoms with Crippen molar-refractivity contribution >= 4 is 5.91 Å². The summed E-state index contributed by atoms with van der Waals surface area (Å²) < 4.78 is 5.55. The quantitative estimate of drug-likeness (QED) is 0.789. The maximum absolute atomic E-state index is 12.3. The van der Waals surface area contributed by atoms with Gasteiger partial charge < -0.3 is 14.7 Å². The Morgan fingerprint density at radius 2 is 1.88 bits per heavy atom. The lowest BCUT2D eigenvalue weighted by molar-refractivity contribution is -0.132. The summed E-state index contributed by atoms with van der Waals surface area (Å²) in [4.78, 5) is 16.2. The van der Waals surface area contributed by atoms with Gasteiger partial charge in [0, 0.05) is 19.6 Å². The lowest BCUT2D eigenvalue weighted by atomic mass is 10.2. The van der Waals surface area contributed by atoms with Crippen LogP contribution in [0.2, 0.25) is 0 Å². The van der Waals surface area contributed by atoms with E-state index in [1.165, 1.54) is 12.8 Å². The topological polar surface area (TPSA) is 53.0 Å². The average Bonchev–Trinajstić information content (AvgIpc) is 2.85. The molecule has 1 aromatic rings. The summed E-state index contributed by atoms with van der Waals surface area (Å²) in [7, 11) is 1.87. The fourth-order valence-corrected chi connectivity index (χ4v) is 3.02. The molecule has 5 nitrogen and oxygen atoms in total. The van der Waals surface area contributed by atoms with Crippen LogP contribution in [0.15, 0.2) is 30.3 Å². The van der Waals surface area contributed by atoms with Gasteiger partial charge in [-0.3, -0.25) is 9.69 Å². The van der Waals surface area contributed by atoms with Gasteiger partial charge in [0.25, 0.3) is 0 Å². The minimum absolute atomic E-state index is 0.164. The summed E-state index contributed by atoms with van der Waals surface area (Å²) in [5.41, 5.74) is 1.09. The second-order valence-corrected chi connectivity index (χ2v) is 6.65. The van der Waals surface area contributed by atoms with Gasteiger partial charge in [-0.2, -0.15) is 0 Å². The summed E-state index contributed by atoms with van der Waals surface area (Å²) in [5, 5.41) is 10.1. The Morgan fingerprint density at radius 1 is 1.21 bits per heavy atom. The fraction of sp³-hybridized carbons (Fsp3) is 0.632. The normalized spacial score (nSPS) is 16.9. The largest absolute Gasteiger partial charge is 0.389 e. The molecule has 1 saturated heterocycles. The second-order valence-electron chi connectivity index (χ2n) is 6.65. The molecule has 24 heavy (non-hydrogen) atoms. The number of amides is 1. The van der Waals surface area contributed by atoms with Crippen molar-refractivity contribution < 1.29 is 14.6 Å². The number of ether oxygens (including phenoxy) is 1. The summed E-state index contributed by atoms with van der Waals surface area (Å²) in [6, 6.07) is 9.90. The molecule has 1 amide bonds. The van der Waals surface area contributed by atoms with Gasteiger partial charge in [-0.15, -0.1) is 0 Å². The van der Waals surface area contributed by atoms with E-state index in [1.54, 1.807) is 0 Å². The number of hydrogen-bond donors (Lipinski definition) is 1. The molecule has 134 valence electrons. The van der Waals surface area contributed by atoms with Crippen LogP contribution in [0.1, 0.15) is 31.2 Å². The van der Waals surface area contributed by atoms with Crippen molar-refractivity contribution in [3.8, 4) is 0 Å². The zero-order chi connectivity index (χ0) is 17.2. The third kappa shape index (κ3) is 6.99. The van der Waals surface area contributed by atoms with E-state index >= 15 is 0 Å². The molecule has 0 spiro atoms. The number of benzene rings is 1. The number of rotatable bonds is 8. The molecule has 0 saturated carbocycles. The highest BCUT2D eigenvalue weighted by molar-refractivity contribution is 5.78. The molecular weight excluding hydrogens is 304 g/mol. The van der Waals surface area contributed by atoms with Gasteiger partial charge >= 0.3 is 0 Å². The molecule has 0 radical (unpaired) electrons. The number of hydrogen-bond acceptors (Lipinski definition) is 4. The molecule has 1 heterocycles. The van der Waals surface area contributed by atoms with Gasteiger partial charge in [-0.05, 0) is 25.5 Å². The van der Waals surface area contributed by atoms with Crippen LogP contribution < -0.4 is 0 Å². The minimum atomic E-state index is -0.587. The van der Waals surface area contributed by atoms with Crippen molar-refractivity contribution in [3.63, 3.8) is 0 Å². The maximum Gasteiger partial charge on any atom is 0.236 e. The number of nitrogens with zero attached hydrogens (tertiary/aromatic N) is 2. The summed E-state index contributed by atoms with van der Waals surface area (Å²) in [5.74, 6) is 0.164. The Hall–Kier alpha value is -1.43. The highest BCUT2D eigenvalue weighted by Gasteiger charge is 2.18. The number of carbonyl (C=O) groups is 1. The molecule has 0 unspecified atom stereocenters. The van der Waals surface area contributed by atoms with Gasteiger partial charge in [0.05, 0.1) is 25.9 Å². The van der Waals surface area contributed by atoms with E-state index in [0.29, 0.717) is 19.7 Å². The van der Waals surface area contributed by atoms with E-state index in [-0.39, 0.29) is 12.5 Å². The molecule has 0 bridgehead atoms. The van der Waals surface area contributed by atoms with Crippen LogP contribution in [0.25, 0.3) is 0 Å². The van der Waals surface area contributed by atoms with Gasteiger partial charge in [0.2, 0.25) is 5.91 Å². The van der Waals surface area contributed by atoms with Crippen LogP contribution in [0.4, 0.5) is 0 Å². The molecule has 5 heteroatoms. The third-order valence-electron chi connectivity index (χ3n) is 4.31. The van der Waals surface area contributed by atoms with Crippen molar-refractivity contribution in [1.82, 2.24) is 9.80 Å². The lowest BCUT2D eigenvalue weighted by Gasteiger charge is -2.25. The van der Waals surface area contributed by atoms with E-state index in [4.69, 9.17) is 4.74 Å². The van der Waals surface area contributed by atoms with Crippen LogP contribution in [0, 0.1) is 0 Å². The van der Waals surface area contributed by atoms with Crippen LogP contribution in [-0.2, 0) is 16.1 Å². The van der Waals surface area contributed by atoms with E-state index in [9.17, 15) is 9.90 Å². The zero-order valence-corrected chi connectivity index (χ0v) is 14.7. The van der Waals surface area contributed by atoms with Crippen LogP contribution in [-0.4, -0.2) is 66.8 Å². The van der Waals surface area contributed by atoms with Crippen LogP contribution >= 0.6 is 0 Å². The van der Waals surface area contributed by atoms with Gasteiger partial charge in [-0.25, -0.2) is 0 Å². The molecule has 1 aromatic carbocycles. The Kier molecular flexibility index (Phi) is 8.22. The molecule has 1 aliphatic rings. The third-order valence-corrected chi connectivity index (χ3v) is 4.31. The Morgan fingerprint density at radius 3 is 2.54 bits per heavy atom. The second kappa shape index (κ2) is 10.4. The standard InChI is InChI=1S/C19H30N2O3/c1-20(14-19(23)21-11-7-2-3-8-12-21)13-18(22)16-24-15-17-9-5-4-6-10-17/h4-6,9-10,18,22H,2-3,7-8,11-16H2,1H3/t18-/m0/s1. The van der Waals surface area contributed by atoms with E-state index < -0.39 is 6.10 Å². The predicted octanol–water partition coefficient (Wildman–Crippen LogP) is 1.90. The first-order chi connectivity index (χ1) is 11.6. The smallest absolute Gasteiger partial charge is 0.236 e. The Balaban J connectivity index is 1.63. The predicted molar refractivity (Wildman–Crippen MR) is 94.6 cm³/mol. The van der Waals surface area contributed by atoms with Crippen molar-refractivity contribution in [2.75, 3.05) is 39.8 Å². The van der Waals surface area contributed by atoms with E-state index in [2.05, 4.69) is 0 Å². The van der Waals surface area contributed by atoms with Crippen LogP contribution in [0.3, 0.4) is 0 Å². The maximum atomic E-state index is 12.3. The molecule has 0 aliphatic carbocycles. The van der Waals surface area contributed by atoms with Gasteiger partial charge in [-0.1, -0.05) is 43.2 Å². The zero-order valence-electron chi connectivity index (χ0n) is 14.7. The highest BCUT2D eigenvalue weighted by Crippen LogP contribution is 2.10.